The molecule has 6 nitrogen and oxygen atoms in total. The van der Waals surface area contributed by atoms with Crippen LogP contribution < -0.4 is 0 Å². The first kappa shape index (κ1) is 13.1. The van der Waals surface area contributed by atoms with E-state index in [1.54, 1.807) is 12.4 Å². The number of aromatic amines is 1. The van der Waals surface area contributed by atoms with Gasteiger partial charge in [0.2, 0.25) is 0 Å². The summed E-state index contributed by atoms with van der Waals surface area (Å²) in [6.07, 6.45) is 7.41. The highest BCUT2D eigenvalue weighted by Crippen LogP contribution is 2.27. The molecule has 0 atom stereocenters. The van der Waals surface area contributed by atoms with Gasteiger partial charge in [0.1, 0.15) is 5.69 Å². The van der Waals surface area contributed by atoms with Crippen LogP contribution in [0.4, 0.5) is 0 Å². The van der Waals surface area contributed by atoms with Gasteiger partial charge in [-0.25, -0.2) is 9.50 Å². The van der Waals surface area contributed by atoms with Crippen molar-refractivity contribution in [3.8, 4) is 11.5 Å². The van der Waals surface area contributed by atoms with Crippen molar-refractivity contribution in [1.82, 2.24) is 29.4 Å². The fourth-order valence-electron chi connectivity index (χ4n) is 2.55. The number of fused-ring (bicyclic) bond motifs is 1. The van der Waals surface area contributed by atoms with Gasteiger partial charge in [-0.05, 0) is 24.6 Å². The summed E-state index contributed by atoms with van der Waals surface area (Å²) in [7, 11) is 0. The number of hydrogen-bond acceptors (Lipinski definition) is 3. The Labute approximate surface area is 131 Å². The molecule has 0 bridgehead atoms. The number of aryl methyl sites for hydroxylation is 1. The highest BCUT2D eigenvalue weighted by molar-refractivity contribution is 6.33. The van der Waals surface area contributed by atoms with Gasteiger partial charge in [0.05, 0.1) is 22.8 Å². The lowest BCUT2D eigenvalue weighted by Gasteiger charge is -2.08. The van der Waals surface area contributed by atoms with Crippen molar-refractivity contribution in [2.24, 2.45) is 0 Å². The minimum atomic E-state index is 0.606. The maximum Gasteiger partial charge on any atom is 0.162 e. The molecule has 0 saturated carbocycles. The van der Waals surface area contributed by atoms with E-state index in [0.29, 0.717) is 17.3 Å². The zero-order chi connectivity index (χ0) is 15.1. The van der Waals surface area contributed by atoms with E-state index in [2.05, 4.69) is 26.3 Å². The lowest BCUT2D eigenvalue weighted by atomic mass is 10.2. The topological polar surface area (TPSA) is 63.8 Å². The van der Waals surface area contributed by atoms with Crippen LogP contribution in [0, 0.1) is 6.92 Å². The van der Waals surface area contributed by atoms with Gasteiger partial charge in [-0.3, -0.25) is 5.10 Å². The van der Waals surface area contributed by atoms with E-state index in [-0.39, 0.29) is 0 Å². The molecule has 0 aliphatic heterocycles. The first-order valence-electron chi connectivity index (χ1n) is 6.87. The molecular weight excluding hydrogens is 300 g/mol. The second kappa shape index (κ2) is 4.99. The van der Waals surface area contributed by atoms with E-state index in [0.717, 1.165) is 22.6 Å². The van der Waals surface area contributed by atoms with Crippen LogP contribution in [0.5, 0.6) is 0 Å². The third-order valence-corrected chi connectivity index (χ3v) is 4.13. The van der Waals surface area contributed by atoms with Gasteiger partial charge in [0, 0.05) is 24.8 Å². The van der Waals surface area contributed by atoms with Gasteiger partial charge >= 0.3 is 0 Å². The number of halogens is 1. The van der Waals surface area contributed by atoms with Gasteiger partial charge in [-0.2, -0.15) is 10.2 Å². The number of H-pyrrole nitrogens is 1. The lowest BCUT2D eigenvalue weighted by Crippen LogP contribution is -2.03. The van der Waals surface area contributed by atoms with Crippen LogP contribution >= 0.6 is 11.6 Å². The van der Waals surface area contributed by atoms with Crippen LogP contribution in [0.2, 0.25) is 5.02 Å². The molecule has 7 heteroatoms. The van der Waals surface area contributed by atoms with Crippen LogP contribution in [0.1, 0.15) is 11.3 Å². The molecule has 4 aromatic heterocycles. The summed E-state index contributed by atoms with van der Waals surface area (Å²) in [5.74, 6) is 0.746. The van der Waals surface area contributed by atoms with E-state index < -0.39 is 0 Å². The van der Waals surface area contributed by atoms with Gasteiger partial charge in [-0.15, -0.1) is 0 Å². The lowest BCUT2D eigenvalue weighted by molar-refractivity contribution is 0.799. The van der Waals surface area contributed by atoms with Crippen molar-refractivity contribution in [1.29, 1.82) is 0 Å². The predicted molar refractivity (Wildman–Crippen MR) is 83.8 cm³/mol. The molecular formula is C15H13ClN6. The van der Waals surface area contributed by atoms with Crippen LogP contribution in [0.25, 0.3) is 17.0 Å². The molecule has 0 fully saturated rings. The Balaban J connectivity index is 1.78. The number of rotatable bonds is 3. The highest BCUT2D eigenvalue weighted by atomic mass is 35.5. The van der Waals surface area contributed by atoms with Crippen LogP contribution in [-0.4, -0.2) is 29.4 Å². The zero-order valence-electron chi connectivity index (χ0n) is 11.9. The number of imidazole rings is 1. The van der Waals surface area contributed by atoms with Crippen molar-refractivity contribution < 1.29 is 0 Å². The van der Waals surface area contributed by atoms with E-state index in [1.807, 2.05) is 40.5 Å². The van der Waals surface area contributed by atoms with E-state index in [4.69, 9.17) is 11.6 Å². The third-order valence-electron chi connectivity index (χ3n) is 3.66. The van der Waals surface area contributed by atoms with Crippen molar-refractivity contribution in [3.05, 3.63) is 59.3 Å². The third kappa shape index (κ3) is 2.00. The van der Waals surface area contributed by atoms with E-state index in [1.165, 1.54) is 0 Å². The number of pyridine rings is 1. The fraction of sp³-hybridized carbons (Fsp3) is 0.133. The second-order valence-corrected chi connectivity index (χ2v) is 5.46. The monoisotopic (exact) mass is 312 g/mol. The summed E-state index contributed by atoms with van der Waals surface area (Å²) in [6.45, 7) is 2.56. The van der Waals surface area contributed by atoms with E-state index in [9.17, 15) is 0 Å². The van der Waals surface area contributed by atoms with Crippen molar-refractivity contribution in [2.75, 3.05) is 0 Å². The molecule has 110 valence electrons. The largest absolute Gasteiger partial charge is 0.325 e. The summed E-state index contributed by atoms with van der Waals surface area (Å²) in [4.78, 5) is 4.40. The Morgan fingerprint density at radius 2 is 2.14 bits per heavy atom. The molecule has 0 radical (unpaired) electrons. The molecule has 0 aliphatic carbocycles. The Kier molecular flexibility index (Phi) is 2.97. The van der Waals surface area contributed by atoms with Crippen molar-refractivity contribution >= 4 is 17.1 Å². The van der Waals surface area contributed by atoms with Gasteiger partial charge < -0.3 is 4.57 Å². The Bertz CT molecular complexity index is 948. The molecule has 4 heterocycles. The number of hydrogen-bond donors (Lipinski definition) is 1. The fourth-order valence-corrected chi connectivity index (χ4v) is 2.72. The van der Waals surface area contributed by atoms with Gasteiger partial charge in [0.15, 0.2) is 5.82 Å². The maximum atomic E-state index is 6.29. The smallest absolute Gasteiger partial charge is 0.162 e. The molecule has 0 saturated heterocycles. The summed E-state index contributed by atoms with van der Waals surface area (Å²) in [5, 5.41) is 12.0. The normalized spacial score (nSPS) is 11.4. The first-order valence-corrected chi connectivity index (χ1v) is 7.25. The molecule has 0 amide bonds. The minimum absolute atomic E-state index is 0.606. The zero-order valence-corrected chi connectivity index (χ0v) is 12.6. The molecule has 0 spiro atoms. The SMILES string of the molecule is Cc1[nH]nc(-c2nccn2Cc2cccn3nccc23)c1Cl. The van der Waals surface area contributed by atoms with Crippen LogP contribution in [0.15, 0.2) is 43.0 Å². The highest BCUT2D eigenvalue weighted by Gasteiger charge is 2.16. The Morgan fingerprint density at radius 1 is 1.23 bits per heavy atom. The molecule has 4 rings (SSSR count). The first-order chi connectivity index (χ1) is 10.7. The van der Waals surface area contributed by atoms with Crippen molar-refractivity contribution in [3.63, 3.8) is 0 Å². The second-order valence-electron chi connectivity index (χ2n) is 5.08. The summed E-state index contributed by atoms with van der Waals surface area (Å²) < 4.78 is 3.89. The maximum absolute atomic E-state index is 6.29. The quantitative estimate of drug-likeness (QED) is 0.632. The summed E-state index contributed by atoms with van der Waals surface area (Å²) in [5.41, 5.74) is 3.74. The molecule has 4 aromatic rings. The standard InChI is InChI=1S/C15H13ClN6/c1-10-13(16)14(20-19-10)15-17-6-8-21(15)9-11-3-2-7-22-12(11)4-5-18-22/h2-8H,9H2,1H3,(H,19,20). The number of aromatic nitrogens is 6. The van der Waals surface area contributed by atoms with Crippen molar-refractivity contribution in [2.45, 2.75) is 13.5 Å². The van der Waals surface area contributed by atoms with Crippen LogP contribution in [0.3, 0.4) is 0 Å². The summed E-state index contributed by atoms with van der Waals surface area (Å²) >= 11 is 6.29. The average molecular weight is 313 g/mol. The molecule has 0 aromatic carbocycles. The number of nitrogens with one attached hydrogen (secondary N) is 1. The summed E-state index contributed by atoms with van der Waals surface area (Å²) in [6, 6.07) is 6.06. The van der Waals surface area contributed by atoms with Gasteiger partial charge in [-0.1, -0.05) is 17.7 Å². The Hall–Kier alpha value is -2.60. The van der Waals surface area contributed by atoms with E-state index >= 15 is 0 Å². The van der Waals surface area contributed by atoms with Crippen LogP contribution in [-0.2, 0) is 6.54 Å². The average Bonchev–Trinajstić information content (AvgIpc) is 3.22. The molecule has 22 heavy (non-hydrogen) atoms. The van der Waals surface area contributed by atoms with Gasteiger partial charge in [0.25, 0.3) is 0 Å². The Morgan fingerprint density at radius 3 is 2.95 bits per heavy atom. The molecule has 0 unspecified atom stereocenters. The molecule has 0 aliphatic rings. The predicted octanol–water partition coefficient (Wildman–Crippen LogP) is 2.93. The number of nitrogens with zero attached hydrogens (tertiary/aromatic N) is 5. The minimum Gasteiger partial charge on any atom is -0.325 e. The molecule has 1 N–H and O–H groups in total.